The Morgan fingerprint density at radius 3 is 2.08 bits per heavy atom. The Labute approximate surface area is 290 Å². The fourth-order valence-corrected chi connectivity index (χ4v) is 6.14. The molecule has 0 spiro atoms. The maximum Gasteiger partial charge on any atom is 0.335 e. The van der Waals surface area contributed by atoms with Crippen molar-refractivity contribution >= 4 is 50.0 Å². The smallest absolute Gasteiger partial charge is 0.335 e. The van der Waals surface area contributed by atoms with E-state index in [0.717, 1.165) is 37.4 Å². The first-order chi connectivity index (χ1) is 23.9. The number of hydrogen-bond acceptors (Lipinski definition) is 8. The van der Waals surface area contributed by atoms with Crippen LogP contribution in [0, 0.1) is 0 Å². The largest absolute Gasteiger partial charge is 0.494 e. The molecule has 0 saturated carbocycles. The first kappa shape index (κ1) is 36.0. The van der Waals surface area contributed by atoms with Crippen molar-refractivity contribution in [3.8, 4) is 5.88 Å². The number of likely N-dealkylation sites (N-methyl/N-ethyl adjacent to an activating group) is 2. The van der Waals surface area contributed by atoms with Crippen molar-refractivity contribution < 1.29 is 32.8 Å². The van der Waals surface area contributed by atoms with Crippen LogP contribution in [0.5, 0.6) is 5.88 Å². The van der Waals surface area contributed by atoms with Gasteiger partial charge >= 0.3 is 5.97 Å². The molecule has 0 radical (unpaired) electrons. The van der Waals surface area contributed by atoms with Crippen LogP contribution in [0.3, 0.4) is 0 Å². The average Bonchev–Trinajstić information content (AvgIpc) is 3.43. The predicted molar refractivity (Wildman–Crippen MR) is 194 cm³/mol. The number of nitrogens with zero attached hydrogens (tertiary/aromatic N) is 4. The number of aromatic nitrogens is 1. The van der Waals surface area contributed by atoms with E-state index in [1.54, 1.807) is 48.3 Å². The number of carbonyl (C=O) groups excluding carboxylic acids is 1. The van der Waals surface area contributed by atoms with Crippen LogP contribution in [0.15, 0.2) is 108 Å². The highest BCUT2D eigenvalue weighted by molar-refractivity contribution is 7.85. The molecule has 0 atom stereocenters. The number of carboxylic acids is 1. The number of aliphatic imine (C=N–C) groups is 1. The van der Waals surface area contributed by atoms with Crippen LogP contribution in [-0.2, 0) is 20.7 Å². The number of piperazine rings is 1. The number of aromatic carboxylic acids is 1. The second-order valence-corrected chi connectivity index (χ2v) is 13.5. The van der Waals surface area contributed by atoms with Gasteiger partial charge in [0, 0.05) is 55.4 Å². The summed E-state index contributed by atoms with van der Waals surface area (Å²) in [5.41, 5.74) is 4.44. The maximum atomic E-state index is 12.9. The van der Waals surface area contributed by atoms with Crippen LogP contribution >= 0.6 is 0 Å². The normalized spacial score (nSPS) is 14.2. The lowest BCUT2D eigenvalue weighted by atomic mass is 10.00. The van der Waals surface area contributed by atoms with Crippen LogP contribution in [-0.4, -0.2) is 102 Å². The van der Waals surface area contributed by atoms with Crippen molar-refractivity contribution in [1.29, 1.82) is 0 Å². The highest BCUT2D eigenvalue weighted by Gasteiger charge is 2.21. The third kappa shape index (κ3) is 9.42. The summed E-state index contributed by atoms with van der Waals surface area (Å²) in [6, 6.07) is 30.1. The Morgan fingerprint density at radius 1 is 0.860 bits per heavy atom. The molecule has 1 fully saturated rings. The number of hydrogen-bond donors (Lipinski definition) is 4. The molecule has 0 unspecified atom stereocenters. The van der Waals surface area contributed by atoms with Gasteiger partial charge in [-0.3, -0.25) is 14.2 Å². The fraction of sp³-hybridized carbons (Fsp3) is 0.216. The summed E-state index contributed by atoms with van der Waals surface area (Å²) in [6.07, 6.45) is 0. The van der Waals surface area contributed by atoms with Crippen LogP contribution in [0.2, 0.25) is 0 Å². The van der Waals surface area contributed by atoms with E-state index in [0.29, 0.717) is 40.0 Å². The number of carbonyl (C=O) groups is 2. The van der Waals surface area contributed by atoms with Gasteiger partial charge in [0.2, 0.25) is 5.91 Å². The molecule has 6 rings (SSSR count). The molecule has 260 valence electrons. The lowest BCUT2D eigenvalue weighted by Crippen LogP contribution is -2.48. The Kier molecular flexibility index (Phi) is 11.4. The van der Waals surface area contributed by atoms with Crippen LogP contribution in [0.1, 0.15) is 27.0 Å². The van der Waals surface area contributed by atoms with Gasteiger partial charge in [-0.2, -0.15) is 8.42 Å². The van der Waals surface area contributed by atoms with Gasteiger partial charge in [0.1, 0.15) is 5.75 Å². The molecular formula is C37H39N5O7S. The van der Waals surface area contributed by atoms with E-state index in [4.69, 9.17) is 9.55 Å². The molecule has 4 N–H and O–H groups in total. The maximum absolute atomic E-state index is 12.9. The van der Waals surface area contributed by atoms with Crippen molar-refractivity contribution in [3.63, 3.8) is 0 Å². The van der Waals surface area contributed by atoms with E-state index in [-0.39, 0.29) is 23.1 Å². The van der Waals surface area contributed by atoms with Crippen molar-refractivity contribution in [1.82, 2.24) is 14.8 Å². The number of fused-ring (bicyclic) bond motifs is 1. The molecule has 1 aromatic heterocycles. The molecule has 1 aliphatic heterocycles. The van der Waals surface area contributed by atoms with Gasteiger partial charge in [0.15, 0.2) is 5.88 Å². The standard InChI is InChI=1S/C30H31N5O4.C7H8O3S/c1-33-14-16-35(17-15-33)19-26(36)34(2)23-11-9-22(10-12-23)31-28(20-6-4-3-5-7-20)27-24-13-8-21(30(38)39)18-25(24)32-29(27)37;8-11(9,10)6-7-4-2-1-3-5-7/h3-13,18,32,37H,14-17,19H2,1-2H3,(H,38,39);1-5H,6H2,(H,8,9,10). The molecule has 50 heavy (non-hydrogen) atoms. The number of H-pyrrole nitrogens is 1. The Balaban J connectivity index is 0.000000377. The topological polar surface area (TPSA) is 167 Å². The molecule has 5 aromatic rings. The average molecular weight is 698 g/mol. The summed E-state index contributed by atoms with van der Waals surface area (Å²) in [5.74, 6) is -1.42. The highest BCUT2D eigenvalue weighted by atomic mass is 32.2. The number of rotatable bonds is 9. The molecule has 2 heterocycles. The van der Waals surface area contributed by atoms with Gasteiger partial charge in [-0.05, 0) is 49.0 Å². The molecule has 4 aromatic carbocycles. The first-order valence-corrected chi connectivity index (χ1v) is 17.5. The lowest BCUT2D eigenvalue weighted by Gasteiger charge is -2.32. The highest BCUT2D eigenvalue weighted by Crippen LogP contribution is 2.32. The van der Waals surface area contributed by atoms with Gasteiger partial charge < -0.3 is 25.0 Å². The van der Waals surface area contributed by atoms with E-state index < -0.39 is 16.1 Å². The zero-order valence-electron chi connectivity index (χ0n) is 27.7. The van der Waals surface area contributed by atoms with E-state index >= 15 is 0 Å². The number of aromatic hydroxyl groups is 1. The van der Waals surface area contributed by atoms with Crippen LogP contribution in [0.4, 0.5) is 11.4 Å². The van der Waals surface area contributed by atoms with Gasteiger partial charge in [-0.25, -0.2) is 9.79 Å². The minimum absolute atomic E-state index is 0.0326. The van der Waals surface area contributed by atoms with E-state index in [1.165, 1.54) is 12.1 Å². The zero-order valence-corrected chi connectivity index (χ0v) is 28.5. The van der Waals surface area contributed by atoms with Crippen LogP contribution < -0.4 is 4.90 Å². The molecule has 0 aliphatic carbocycles. The van der Waals surface area contributed by atoms with Crippen molar-refractivity contribution in [3.05, 3.63) is 125 Å². The summed E-state index contributed by atoms with van der Waals surface area (Å²) < 4.78 is 29.2. The van der Waals surface area contributed by atoms with Crippen molar-refractivity contribution in [2.45, 2.75) is 5.75 Å². The molecule has 12 nitrogen and oxygen atoms in total. The Morgan fingerprint density at radius 2 is 1.48 bits per heavy atom. The van der Waals surface area contributed by atoms with Crippen molar-refractivity contribution in [2.75, 3.05) is 51.7 Å². The minimum Gasteiger partial charge on any atom is -0.494 e. The summed E-state index contributed by atoms with van der Waals surface area (Å²) in [7, 11) is -0.00708. The predicted octanol–water partition coefficient (Wildman–Crippen LogP) is 5.03. The number of anilines is 1. The van der Waals surface area contributed by atoms with Crippen molar-refractivity contribution in [2.24, 2.45) is 4.99 Å². The zero-order chi connectivity index (χ0) is 35.8. The quantitative estimate of drug-likeness (QED) is 0.122. The Bertz CT molecular complexity index is 2080. The number of aromatic amines is 1. The third-order valence-corrected chi connectivity index (χ3v) is 9.01. The Hall–Kier alpha value is -5.34. The number of nitrogens with one attached hydrogen (secondary N) is 1. The summed E-state index contributed by atoms with van der Waals surface area (Å²) in [5, 5.41) is 20.9. The lowest BCUT2D eigenvalue weighted by molar-refractivity contribution is -0.119. The van der Waals surface area contributed by atoms with Gasteiger partial charge in [0.25, 0.3) is 10.1 Å². The van der Waals surface area contributed by atoms with E-state index in [1.807, 2.05) is 54.6 Å². The molecule has 0 bridgehead atoms. The second kappa shape index (κ2) is 15.9. The minimum atomic E-state index is -3.88. The summed E-state index contributed by atoms with van der Waals surface area (Å²) >= 11 is 0. The van der Waals surface area contributed by atoms with Gasteiger partial charge in [-0.1, -0.05) is 66.7 Å². The fourth-order valence-electron chi connectivity index (χ4n) is 5.53. The molecule has 1 saturated heterocycles. The summed E-state index contributed by atoms with van der Waals surface area (Å²) in [6.45, 7) is 4.06. The molecular weight excluding hydrogens is 659 g/mol. The molecule has 1 aliphatic rings. The number of carboxylic acid groups (broad SMARTS) is 1. The summed E-state index contributed by atoms with van der Waals surface area (Å²) in [4.78, 5) is 38.2. The second-order valence-electron chi connectivity index (χ2n) is 12.0. The number of amides is 1. The SMILES string of the molecule is CN1CCN(CC(=O)N(C)c2ccc(N=C(c3ccccc3)c3c(O)[nH]c4cc(C(=O)O)ccc34)cc2)CC1.O=S(=O)(O)Cc1ccccc1. The molecule has 13 heteroatoms. The van der Waals surface area contributed by atoms with E-state index in [2.05, 4.69) is 21.8 Å². The number of benzene rings is 4. The first-order valence-electron chi connectivity index (χ1n) is 15.9. The van der Waals surface area contributed by atoms with E-state index in [9.17, 15) is 28.2 Å². The van der Waals surface area contributed by atoms with Gasteiger partial charge in [-0.15, -0.1) is 0 Å². The van der Waals surface area contributed by atoms with Crippen LogP contribution in [0.25, 0.3) is 10.9 Å². The monoisotopic (exact) mass is 697 g/mol. The molecule has 1 amide bonds. The van der Waals surface area contributed by atoms with Gasteiger partial charge in [0.05, 0.1) is 29.1 Å². The third-order valence-electron chi connectivity index (χ3n) is 8.31.